The molecular formula is C16H24BNO7S. The minimum absolute atomic E-state index is 0.121. The molecule has 1 aliphatic heterocycles. The summed E-state index contributed by atoms with van der Waals surface area (Å²) >= 11 is 0. The zero-order chi connectivity index (χ0) is 19.6. The number of hydrogen-bond acceptors (Lipinski definition) is 6. The number of rotatable bonds is 6. The summed E-state index contributed by atoms with van der Waals surface area (Å²) in [5.41, 5.74) is 0.775. The van der Waals surface area contributed by atoms with Gasteiger partial charge in [0.15, 0.2) is 0 Å². The van der Waals surface area contributed by atoms with Crippen LogP contribution in [0, 0.1) is 0 Å². The summed E-state index contributed by atoms with van der Waals surface area (Å²) < 4.78 is 32.0. The quantitative estimate of drug-likeness (QED) is 0.474. The Morgan fingerprint density at radius 2 is 2.12 bits per heavy atom. The highest BCUT2D eigenvalue weighted by molar-refractivity contribution is 8.13. The molecule has 2 rings (SSSR count). The third kappa shape index (κ3) is 5.55. The number of benzene rings is 1. The Morgan fingerprint density at radius 1 is 1.42 bits per heavy atom. The Kier molecular flexibility index (Phi) is 5.79. The molecule has 0 radical (unpaired) electrons. The van der Waals surface area contributed by atoms with Gasteiger partial charge in [-0.15, -0.1) is 0 Å². The second kappa shape index (κ2) is 7.38. The van der Waals surface area contributed by atoms with Gasteiger partial charge >= 0.3 is 13.1 Å². The van der Waals surface area contributed by atoms with Crippen LogP contribution in [0.15, 0.2) is 18.2 Å². The molecule has 0 fully saturated rings. The topological polar surface area (TPSA) is 122 Å². The smallest absolute Gasteiger partial charge is 0.534 e. The van der Waals surface area contributed by atoms with Crippen molar-refractivity contribution in [1.29, 1.82) is 0 Å². The van der Waals surface area contributed by atoms with Gasteiger partial charge in [0.1, 0.15) is 17.9 Å². The first-order valence-corrected chi connectivity index (χ1v) is 11.2. The van der Waals surface area contributed by atoms with Crippen molar-refractivity contribution in [2.75, 3.05) is 24.9 Å². The van der Waals surface area contributed by atoms with Gasteiger partial charge in [0.2, 0.25) is 5.91 Å². The first kappa shape index (κ1) is 20.4. The van der Waals surface area contributed by atoms with Crippen molar-refractivity contribution >= 4 is 28.3 Å². The van der Waals surface area contributed by atoms with E-state index in [1.54, 1.807) is 19.1 Å². The van der Waals surface area contributed by atoms with Crippen LogP contribution in [-0.4, -0.2) is 63.6 Å². The van der Waals surface area contributed by atoms with Crippen molar-refractivity contribution in [1.82, 2.24) is 5.32 Å². The van der Waals surface area contributed by atoms with Crippen LogP contribution in [0.1, 0.15) is 29.3 Å². The fourth-order valence-electron chi connectivity index (χ4n) is 2.47. The number of carbonyl (C=O) groups is 2. The molecule has 1 aromatic rings. The summed E-state index contributed by atoms with van der Waals surface area (Å²) in [4.78, 5) is 23.8. The number of ether oxygens (including phenoxy) is 1. The van der Waals surface area contributed by atoms with Crippen LogP contribution < -0.4 is 9.97 Å². The summed E-state index contributed by atoms with van der Waals surface area (Å²) in [5, 5.41) is 12.8. The van der Waals surface area contributed by atoms with Crippen molar-refractivity contribution in [3.8, 4) is 5.75 Å². The predicted octanol–water partition coefficient (Wildman–Crippen LogP) is 0.246. The molecule has 0 bridgehead atoms. The zero-order valence-corrected chi connectivity index (χ0v) is 15.9. The molecule has 8 nitrogen and oxygen atoms in total. The molecule has 0 spiro atoms. The van der Waals surface area contributed by atoms with Gasteiger partial charge in [0.05, 0.1) is 11.7 Å². The second-order valence-electron chi connectivity index (χ2n) is 6.88. The monoisotopic (exact) mass is 385 g/mol. The van der Waals surface area contributed by atoms with Crippen LogP contribution in [0.4, 0.5) is 0 Å². The molecule has 144 valence electrons. The molecule has 1 aromatic carbocycles. The molecule has 10 heteroatoms. The lowest BCUT2D eigenvalue weighted by Gasteiger charge is -2.33. The minimum Gasteiger partial charge on any atom is -0.534 e. The lowest BCUT2D eigenvalue weighted by molar-refractivity contribution is -0.121. The van der Waals surface area contributed by atoms with Gasteiger partial charge in [-0.05, 0) is 18.1 Å². The van der Waals surface area contributed by atoms with Crippen LogP contribution in [0.2, 0.25) is 0 Å². The van der Waals surface area contributed by atoms with E-state index in [4.69, 9.17) is 9.39 Å². The van der Waals surface area contributed by atoms with E-state index in [1.807, 2.05) is 0 Å². The van der Waals surface area contributed by atoms with Gasteiger partial charge in [-0.25, -0.2) is 9.00 Å². The highest BCUT2D eigenvalue weighted by atomic mass is 32.3. The first-order valence-electron chi connectivity index (χ1n) is 8.24. The van der Waals surface area contributed by atoms with Gasteiger partial charge in [-0.1, -0.05) is 19.1 Å². The molecule has 1 heterocycles. The summed E-state index contributed by atoms with van der Waals surface area (Å²) in [7, 11) is -5.05. The number of amides is 1. The fourth-order valence-corrected chi connectivity index (χ4v) is 3.03. The average molecular weight is 385 g/mol. The summed E-state index contributed by atoms with van der Waals surface area (Å²) in [6.45, 7) is 1.49. The first-order chi connectivity index (χ1) is 12.0. The maximum absolute atomic E-state index is 12.3. The van der Waals surface area contributed by atoms with E-state index >= 15 is 0 Å². The highest BCUT2D eigenvalue weighted by Crippen LogP contribution is 2.30. The molecule has 3 N–H and O–H groups in total. The Hall–Kier alpha value is -1.91. The number of carbonyl (C=O) groups excluding carboxylic acids is 2. The van der Waals surface area contributed by atoms with E-state index in [0.717, 1.165) is 0 Å². The van der Waals surface area contributed by atoms with Gasteiger partial charge < -0.3 is 24.3 Å². The van der Waals surface area contributed by atoms with Gasteiger partial charge in [-0.2, -0.15) is 9.35 Å². The van der Waals surface area contributed by atoms with Crippen molar-refractivity contribution in [3.63, 3.8) is 0 Å². The molecule has 1 unspecified atom stereocenters. The Morgan fingerprint density at radius 3 is 2.73 bits per heavy atom. The van der Waals surface area contributed by atoms with Crippen LogP contribution >= 0.6 is 0 Å². The van der Waals surface area contributed by atoms with E-state index in [1.165, 1.54) is 18.6 Å². The average Bonchev–Trinajstić information content (AvgIpc) is 2.52. The van der Waals surface area contributed by atoms with E-state index in [2.05, 4.69) is 5.32 Å². The zero-order valence-electron chi connectivity index (χ0n) is 15.1. The summed E-state index contributed by atoms with van der Waals surface area (Å²) in [6, 6.07) is 4.87. The standard InChI is InChI=1S/C16H24BNO7S/c1-4-14(19)18-13-10-11-6-5-7-12(15(11)25-17(13)21)16(20)24-8-9-26(2,3,22)23/h5-7,13,21H,4,8-10H2,1-3H3,(H,18,19)(H,22,23). The lowest BCUT2D eigenvalue weighted by Crippen LogP contribution is -2.53. The van der Waals surface area contributed by atoms with E-state index in [-0.39, 0.29) is 36.0 Å². The maximum Gasteiger partial charge on any atom is 0.547 e. The Balaban J connectivity index is 2.12. The SMILES string of the molecule is CCC(=O)NC1Cc2cccc(C(=O)OCCS(C)(C)(=O)O)c2OB1O. The maximum atomic E-state index is 12.3. The third-order valence-electron chi connectivity index (χ3n) is 3.91. The fraction of sp³-hybridized carbons (Fsp3) is 0.500. The molecule has 1 amide bonds. The predicted molar refractivity (Wildman–Crippen MR) is 98.7 cm³/mol. The molecule has 0 aliphatic carbocycles. The molecule has 26 heavy (non-hydrogen) atoms. The lowest BCUT2D eigenvalue weighted by atomic mass is 9.72. The van der Waals surface area contributed by atoms with Crippen molar-refractivity contribution in [2.24, 2.45) is 0 Å². The molecule has 1 atom stereocenters. The van der Waals surface area contributed by atoms with Crippen LogP contribution in [-0.2, 0) is 25.3 Å². The molecular weight excluding hydrogens is 361 g/mol. The van der Waals surface area contributed by atoms with Crippen molar-refractivity contribution in [2.45, 2.75) is 25.7 Å². The highest BCUT2D eigenvalue weighted by Gasteiger charge is 2.37. The molecule has 0 aromatic heterocycles. The van der Waals surface area contributed by atoms with Crippen molar-refractivity contribution < 1.29 is 32.8 Å². The molecule has 0 saturated heterocycles. The second-order valence-corrected chi connectivity index (χ2v) is 11.3. The van der Waals surface area contributed by atoms with Crippen LogP contribution in [0.3, 0.4) is 0 Å². The Bertz CT molecular complexity index is 765. The molecule has 1 aliphatic rings. The minimum atomic E-state index is -3.75. The van der Waals surface area contributed by atoms with Gasteiger partial charge in [0.25, 0.3) is 0 Å². The summed E-state index contributed by atoms with van der Waals surface area (Å²) in [6.07, 6.45) is 3.01. The Labute approximate surface area is 152 Å². The molecule has 0 saturated carbocycles. The number of nitrogens with one attached hydrogen (secondary N) is 1. The van der Waals surface area contributed by atoms with E-state index in [0.29, 0.717) is 12.0 Å². The van der Waals surface area contributed by atoms with Gasteiger partial charge in [0, 0.05) is 18.9 Å². The normalized spacial score (nSPS) is 18.1. The summed E-state index contributed by atoms with van der Waals surface area (Å²) in [5.74, 6) is -1.50. The number of para-hydroxylation sites is 1. The number of fused-ring (bicyclic) bond motifs is 1. The van der Waals surface area contributed by atoms with Crippen LogP contribution in [0.25, 0.3) is 0 Å². The van der Waals surface area contributed by atoms with Gasteiger partial charge in [-0.3, -0.25) is 4.79 Å². The number of esters is 1. The van der Waals surface area contributed by atoms with Crippen molar-refractivity contribution in [3.05, 3.63) is 29.3 Å². The number of hydrogen-bond donors (Lipinski definition) is 3. The van der Waals surface area contributed by atoms with E-state index < -0.39 is 28.4 Å². The van der Waals surface area contributed by atoms with E-state index in [9.17, 15) is 23.4 Å². The van der Waals surface area contributed by atoms with Crippen LogP contribution in [0.5, 0.6) is 5.75 Å². The third-order valence-corrected chi connectivity index (χ3v) is 5.24. The largest absolute Gasteiger partial charge is 0.547 e.